The molecule has 0 bridgehead atoms. The van der Waals surface area contributed by atoms with Gasteiger partial charge in [0, 0.05) is 11.6 Å². The van der Waals surface area contributed by atoms with E-state index in [0.717, 1.165) is 25.7 Å². The van der Waals surface area contributed by atoms with Gasteiger partial charge in [0.25, 0.3) is 0 Å². The number of rotatable bonds is 9. The Bertz CT molecular complexity index is 528. The number of ether oxygens (including phenoxy) is 1. The molecule has 1 amide bonds. The molecule has 1 rings (SSSR count). The van der Waals surface area contributed by atoms with Crippen molar-refractivity contribution < 1.29 is 19.4 Å². The molecule has 0 fully saturated rings. The van der Waals surface area contributed by atoms with Crippen molar-refractivity contribution in [3.05, 3.63) is 23.8 Å². The van der Waals surface area contributed by atoms with Gasteiger partial charge in [-0.25, -0.2) is 4.79 Å². The molecule has 0 aliphatic heterocycles. The molecule has 0 heterocycles. The second kappa shape index (κ2) is 9.87. The normalized spacial score (nSPS) is 11.8. The van der Waals surface area contributed by atoms with E-state index in [2.05, 4.69) is 12.2 Å². The Morgan fingerprint density at radius 2 is 1.96 bits per heavy atom. The van der Waals surface area contributed by atoms with E-state index in [-0.39, 0.29) is 23.1 Å². The number of carbonyl (C=O) groups excluding carboxylic acids is 2. The molecule has 128 valence electrons. The largest absolute Gasteiger partial charge is 0.507 e. The van der Waals surface area contributed by atoms with Crippen LogP contribution in [0.3, 0.4) is 0 Å². The van der Waals surface area contributed by atoms with Crippen molar-refractivity contribution in [3.63, 3.8) is 0 Å². The zero-order valence-corrected chi connectivity index (χ0v) is 14.2. The molecule has 0 saturated heterocycles. The van der Waals surface area contributed by atoms with Crippen molar-refractivity contribution >= 4 is 17.6 Å². The molecule has 2 N–H and O–H groups in total. The van der Waals surface area contributed by atoms with Gasteiger partial charge in [-0.1, -0.05) is 33.6 Å². The summed E-state index contributed by atoms with van der Waals surface area (Å²) in [6.07, 6.45) is 4.39. The van der Waals surface area contributed by atoms with Gasteiger partial charge >= 0.3 is 5.97 Å². The van der Waals surface area contributed by atoms with E-state index in [0.29, 0.717) is 18.7 Å². The van der Waals surface area contributed by atoms with Crippen LogP contribution in [0.2, 0.25) is 0 Å². The summed E-state index contributed by atoms with van der Waals surface area (Å²) in [4.78, 5) is 24.2. The van der Waals surface area contributed by atoms with Gasteiger partial charge in [0.2, 0.25) is 5.91 Å². The first-order valence-electron chi connectivity index (χ1n) is 8.34. The van der Waals surface area contributed by atoms with Crippen LogP contribution in [0.5, 0.6) is 5.75 Å². The van der Waals surface area contributed by atoms with E-state index in [1.807, 2.05) is 13.8 Å². The minimum Gasteiger partial charge on any atom is -0.507 e. The number of anilines is 1. The van der Waals surface area contributed by atoms with Crippen molar-refractivity contribution in [2.75, 3.05) is 11.9 Å². The van der Waals surface area contributed by atoms with Crippen LogP contribution in [0.4, 0.5) is 5.69 Å². The molecule has 0 unspecified atom stereocenters. The van der Waals surface area contributed by atoms with Gasteiger partial charge in [-0.2, -0.15) is 0 Å². The number of esters is 1. The molecule has 5 heteroatoms. The number of phenolic OH excluding ortho intramolecular Hbond substituents is 1. The SMILES string of the molecule is CCCC[C@H](CC)C(=O)Nc1ccc(O)c(C(=O)OCCC)c1. The summed E-state index contributed by atoms with van der Waals surface area (Å²) in [6, 6.07) is 4.43. The number of aromatic hydroxyl groups is 1. The lowest BCUT2D eigenvalue weighted by Crippen LogP contribution is -2.22. The quantitative estimate of drug-likeness (QED) is 0.530. The van der Waals surface area contributed by atoms with Gasteiger partial charge in [-0.05, 0) is 37.5 Å². The minimum absolute atomic E-state index is 0.0424. The molecule has 23 heavy (non-hydrogen) atoms. The first-order valence-corrected chi connectivity index (χ1v) is 8.34. The van der Waals surface area contributed by atoms with Crippen LogP contribution in [0, 0.1) is 5.92 Å². The van der Waals surface area contributed by atoms with Crippen molar-refractivity contribution in [1.29, 1.82) is 0 Å². The first kappa shape index (κ1) is 19.0. The highest BCUT2D eigenvalue weighted by Gasteiger charge is 2.18. The van der Waals surface area contributed by atoms with E-state index < -0.39 is 5.97 Å². The third kappa shape index (κ3) is 5.93. The predicted octanol–water partition coefficient (Wildman–Crippen LogP) is 4.11. The number of nitrogens with one attached hydrogen (secondary N) is 1. The summed E-state index contributed by atoms with van der Waals surface area (Å²) in [5.41, 5.74) is 0.559. The van der Waals surface area contributed by atoms with Crippen LogP contribution < -0.4 is 5.32 Å². The summed E-state index contributed by atoms with van der Waals surface area (Å²) in [5.74, 6) is -0.834. The summed E-state index contributed by atoms with van der Waals surface area (Å²) < 4.78 is 5.03. The zero-order valence-electron chi connectivity index (χ0n) is 14.2. The molecular weight excluding hydrogens is 294 g/mol. The van der Waals surface area contributed by atoms with E-state index >= 15 is 0 Å². The third-order valence-electron chi connectivity index (χ3n) is 3.69. The van der Waals surface area contributed by atoms with Crippen molar-refractivity contribution in [3.8, 4) is 5.75 Å². The Balaban J connectivity index is 2.80. The molecule has 1 aromatic carbocycles. The van der Waals surface area contributed by atoms with Crippen molar-refractivity contribution in [1.82, 2.24) is 0 Å². The lowest BCUT2D eigenvalue weighted by atomic mass is 9.98. The van der Waals surface area contributed by atoms with Crippen LogP contribution in [-0.2, 0) is 9.53 Å². The second-order valence-corrected chi connectivity index (χ2v) is 5.60. The zero-order chi connectivity index (χ0) is 17.2. The Morgan fingerprint density at radius 1 is 1.22 bits per heavy atom. The molecule has 0 spiro atoms. The first-order chi connectivity index (χ1) is 11.0. The molecule has 0 radical (unpaired) electrons. The minimum atomic E-state index is -0.585. The predicted molar refractivity (Wildman–Crippen MR) is 90.6 cm³/mol. The Labute approximate surface area is 138 Å². The smallest absolute Gasteiger partial charge is 0.341 e. The highest BCUT2D eigenvalue weighted by molar-refractivity contribution is 5.97. The average Bonchev–Trinajstić information content (AvgIpc) is 2.55. The topological polar surface area (TPSA) is 75.6 Å². The maximum Gasteiger partial charge on any atom is 0.341 e. The number of unbranched alkanes of at least 4 members (excludes halogenated alkanes) is 1. The third-order valence-corrected chi connectivity index (χ3v) is 3.69. The Hall–Kier alpha value is -2.04. The molecule has 0 aliphatic rings. The van der Waals surface area contributed by atoms with Gasteiger partial charge < -0.3 is 15.2 Å². The van der Waals surface area contributed by atoms with Crippen LogP contribution in [-0.4, -0.2) is 23.6 Å². The fourth-order valence-corrected chi connectivity index (χ4v) is 2.27. The summed E-state index contributed by atoms with van der Waals surface area (Å²) in [7, 11) is 0. The number of benzene rings is 1. The Morgan fingerprint density at radius 3 is 2.57 bits per heavy atom. The fraction of sp³-hybridized carbons (Fsp3) is 0.556. The van der Waals surface area contributed by atoms with Crippen LogP contribution in [0.15, 0.2) is 18.2 Å². The van der Waals surface area contributed by atoms with Crippen LogP contribution >= 0.6 is 0 Å². The van der Waals surface area contributed by atoms with Gasteiger partial charge in [0.05, 0.1) is 6.61 Å². The lowest BCUT2D eigenvalue weighted by Gasteiger charge is -2.15. The van der Waals surface area contributed by atoms with Crippen molar-refractivity contribution in [2.45, 2.75) is 52.9 Å². The summed E-state index contributed by atoms with van der Waals surface area (Å²) in [6.45, 7) is 6.28. The molecule has 5 nitrogen and oxygen atoms in total. The molecule has 1 atom stereocenters. The van der Waals surface area contributed by atoms with Gasteiger partial charge in [0.1, 0.15) is 11.3 Å². The van der Waals surface area contributed by atoms with E-state index in [4.69, 9.17) is 4.74 Å². The highest BCUT2D eigenvalue weighted by atomic mass is 16.5. The molecular formula is C18H27NO4. The number of carbonyl (C=O) groups is 2. The van der Waals surface area contributed by atoms with Gasteiger partial charge in [-0.3, -0.25) is 4.79 Å². The molecule has 0 aromatic heterocycles. The van der Waals surface area contributed by atoms with Crippen molar-refractivity contribution in [2.24, 2.45) is 5.92 Å². The maximum atomic E-state index is 12.3. The monoisotopic (exact) mass is 321 g/mol. The standard InChI is InChI=1S/C18H27NO4/c1-4-7-8-13(6-3)17(21)19-14-9-10-16(20)15(12-14)18(22)23-11-5-2/h9-10,12-13,20H,4-8,11H2,1-3H3,(H,19,21)/t13-/m0/s1. The molecule has 0 aliphatic carbocycles. The second-order valence-electron chi connectivity index (χ2n) is 5.60. The summed E-state index contributed by atoms with van der Waals surface area (Å²) >= 11 is 0. The number of hydrogen-bond donors (Lipinski definition) is 2. The van der Waals surface area contributed by atoms with Gasteiger partial charge in [-0.15, -0.1) is 0 Å². The summed E-state index contributed by atoms with van der Waals surface area (Å²) in [5, 5.41) is 12.6. The maximum absolute atomic E-state index is 12.3. The molecule has 0 saturated carbocycles. The van der Waals surface area contributed by atoms with Crippen LogP contribution in [0.1, 0.15) is 63.2 Å². The van der Waals surface area contributed by atoms with Gasteiger partial charge in [0.15, 0.2) is 0 Å². The van der Waals surface area contributed by atoms with E-state index in [1.54, 1.807) is 6.07 Å². The molecule has 1 aromatic rings. The fourth-order valence-electron chi connectivity index (χ4n) is 2.27. The number of phenols is 1. The average molecular weight is 321 g/mol. The van der Waals surface area contributed by atoms with Crippen LogP contribution in [0.25, 0.3) is 0 Å². The highest BCUT2D eigenvalue weighted by Crippen LogP contribution is 2.24. The Kier molecular flexibility index (Phi) is 8.16. The van der Waals surface area contributed by atoms with E-state index in [1.165, 1.54) is 12.1 Å². The van der Waals surface area contributed by atoms with E-state index in [9.17, 15) is 14.7 Å². The number of hydrogen-bond acceptors (Lipinski definition) is 4. The number of amides is 1. The lowest BCUT2D eigenvalue weighted by molar-refractivity contribution is -0.120.